The summed E-state index contributed by atoms with van der Waals surface area (Å²) in [4.78, 5) is 23.1. The molecule has 1 aliphatic rings. The Morgan fingerprint density at radius 2 is 2.14 bits per heavy atom. The van der Waals surface area contributed by atoms with E-state index >= 15 is 0 Å². The fourth-order valence-corrected chi connectivity index (χ4v) is 2.33. The molecule has 1 aromatic carbocycles. The molecular weight excluding hydrogens is 286 g/mol. The molecule has 2 rings (SSSR count). The molecule has 0 saturated carbocycles. The highest BCUT2D eigenvalue weighted by Gasteiger charge is 2.26. The Morgan fingerprint density at radius 3 is 2.77 bits per heavy atom. The van der Waals surface area contributed by atoms with E-state index < -0.39 is 17.8 Å². The summed E-state index contributed by atoms with van der Waals surface area (Å²) < 4.78 is 10.1. The zero-order valence-electron chi connectivity index (χ0n) is 13.2. The number of ether oxygens (including phenoxy) is 2. The predicted octanol–water partition coefficient (Wildman–Crippen LogP) is 2.22. The topological polar surface area (TPSA) is 84.9 Å². The van der Waals surface area contributed by atoms with Crippen LogP contribution in [0.15, 0.2) is 12.1 Å². The van der Waals surface area contributed by atoms with Crippen molar-refractivity contribution in [2.45, 2.75) is 46.0 Å². The van der Waals surface area contributed by atoms with Gasteiger partial charge in [-0.1, -0.05) is 6.07 Å². The van der Waals surface area contributed by atoms with Crippen molar-refractivity contribution in [2.24, 2.45) is 0 Å². The molecule has 120 valence electrons. The van der Waals surface area contributed by atoms with Crippen LogP contribution in [0.4, 0.5) is 4.79 Å². The van der Waals surface area contributed by atoms with E-state index in [0.29, 0.717) is 11.1 Å². The Morgan fingerprint density at radius 1 is 1.45 bits per heavy atom. The van der Waals surface area contributed by atoms with Crippen molar-refractivity contribution in [3.05, 3.63) is 34.4 Å². The van der Waals surface area contributed by atoms with Gasteiger partial charge in [0.25, 0.3) is 0 Å². The van der Waals surface area contributed by atoms with Crippen LogP contribution >= 0.6 is 0 Å². The van der Waals surface area contributed by atoms with Crippen LogP contribution in [0.2, 0.25) is 0 Å². The van der Waals surface area contributed by atoms with Crippen LogP contribution in [0.5, 0.6) is 0 Å². The quantitative estimate of drug-likeness (QED) is 0.836. The monoisotopic (exact) mass is 307 g/mol. The van der Waals surface area contributed by atoms with E-state index in [0.717, 1.165) is 11.1 Å². The molecule has 0 unspecified atom stereocenters. The van der Waals surface area contributed by atoms with Gasteiger partial charge in [-0.3, -0.25) is 0 Å². The number of aliphatic hydroxyl groups excluding tert-OH is 1. The molecule has 2 N–H and O–H groups in total. The number of fused-ring (bicyclic) bond motifs is 1. The molecule has 1 heterocycles. The van der Waals surface area contributed by atoms with Crippen molar-refractivity contribution in [3.8, 4) is 0 Å². The second-order valence-electron chi connectivity index (χ2n) is 6.28. The molecule has 6 nitrogen and oxygen atoms in total. The van der Waals surface area contributed by atoms with Gasteiger partial charge < -0.3 is 19.9 Å². The van der Waals surface area contributed by atoms with Gasteiger partial charge in [0.1, 0.15) is 12.2 Å². The Labute approximate surface area is 129 Å². The van der Waals surface area contributed by atoms with Crippen molar-refractivity contribution < 1.29 is 24.2 Å². The summed E-state index contributed by atoms with van der Waals surface area (Å²) >= 11 is 0. The van der Waals surface area contributed by atoms with Crippen LogP contribution < -0.4 is 5.32 Å². The number of esters is 1. The lowest BCUT2D eigenvalue weighted by Gasteiger charge is -2.21. The summed E-state index contributed by atoms with van der Waals surface area (Å²) in [5, 5.41) is 12.8. The third-order valence-electron chi connectivity index (χ3n) is 3.41. The van der Waals surface area contributed by atoms with Gasteiger partial charge in [-0.2, -0.15) is 0 Å². The number of nitrogens with one attached hydrogen (secondary N) is 1. The number of amides is 1. The van der Waals surface area contributed by atoms with Gasteiger partial charge in [0, 0.05) is 5.56 Å². The van der Waals surface area contributed by atoms with Crippen molar-refractivity contribution >= 4 is 12.1 Å². The maximum absolute atomic E-state index is 11.6. The maximum Gasteiger partial charge on any atom is 0.407 e. The van der Waals surface area contributed by atoms with Gasteiger partial charge in [-0.05, 0) is 44.9 Å². The van der Waals surface area contributed by atoms with Gasteiger partial charge in [0.05, 0.1) is 18.2 Å². The first-order valence-electron chi connectivity index (χ1n) is 7.13. The highest BCUT2D eigenvalue weighted by molar-refractivity contribution is 5.93. The molecule has 1 aliphatic heterocycles. The second kappa shape index (κ2) is 5.96. The SMILES string of the molecule is Cc1c([C@H](O)CNC(=O)OC(C)(C)C)ccc2c1COC2=O. The minimum Gasteiger partial charge on any atom is -0.457 e. The molecule has 0 fully saturated rings. The van der Waals surface area contributed by atoms with E-state index in [2.05, 4.69) is 5.32 Å². The lowest BCUT2D eigenvalue weighted by molar-refractivity contribution is 0.0489. The van der Waals surface area contributed by atoms with Crippen molar-refractivity contribution in [3.63, 3.8) is 0 Å². The van der Waals surface area contributed by atoms with Crippen LogP contribution in [-0.2, 0) is 16.1 Å². The van der Waals surface area contributed by atoms with Gasteiger partial charge in [-0.25, -0.2) is 9.59 Å². The van der Waals surface area contributed by atoms with E-state index in [-0.39, 0.29) is 19.1 Å². The minimum absolute atomic E-state index is 0.0311. The van der Waals surface area contributed by atoms with Crippen molar-refractivity contribution in [2.75, 3.05) is 6.54 Å². The van der Waals surface area contributed by atoms with Gasteiger partial charge >= 0.3 is 12.1 Å². The van der Waals surface area contributed by atoms with Gasteiger partial charge in [0.2, 0.25) is 0 Å². The summed E-state index contributed by atoms with van der Waals surface area (Å²) in [6.45, 7) is 7.39. The molecule has 0 spiro atoms. The highest BCUT2D eigenvalue weighted by Crippen LogP contribution is 2.28. The average Bonchev–Trinajstić information content (AvgIpc) is 2.77. The van der Waals surface area contributed by atoms with Crippen LogP contribution in [0, 0.1) is 6.92 Å². The maximum atomic E-state index is 11.6. The lowest BCUT2D eigenvalue weighted by atomic mass is 9.95. The number of cyclic esters (lactones) is 1. The zero-order valence-corrected chi connectivity index (χ0v) is 13.2. The minimum atomic E-state index is -0.881. The summed E-state index contributed by atoms with van der Waals surface area (Å²) in [6, 6.07) is 3.33. The number of hydrogen-bond donors (Lipinski definition) is 2. The number of carbonyl (C=O) groups is 2. The van der Waals surface area contributed by atoms with E-state index in [1.807, 2.05) is 6.92 Å². The molecule has 1 amide bonds. The fourth-order valence-electron chi connectivity index (χ4n) is 2.33. The van der Waals surface area contributed by atoms with Crippen LogP contribution in [0.1, 0.15) is 53.9 Å². The normalized spacial score (nSPS) is 15.0. The Balaban J connectivity index is 2.04. The van der Waals surface area contributed by atoms with E-state index in [1.54, 1.807) is 32.9 Å². The molecule has 1 aromatic rings. The number of alkyl carbamates (subject to hydrolysis) is 1. The summed E-state index contributed by atoms with van der Waals surface area (Å²) in [5.74, 6) is -0.342. The van der Waals surface area contributed by atoms with Crippen LogP contribution in [0.3, 0.4) is 0 Å². The highest BCUT2D eigenvalue weighted by atomic mass is 16.6. The zero-order chi connectivity index (χ0) is 16.5. The molecular formula is C16H21NO5. The van der Waals surface area contributed by atoms with Crippen LogP contribution in [0.25, 0.3) is 0 Å². The lowest BCUT2D eigenvalue weighted by Crippen LogP contribution is -2.35. The Hall–Kier alpha value is -2.08. The average molecular weight is 307 g/mol. The Bertz CT molecular complexity index is 603. The number of aliphatic hydroxyl groups is 1. The fraction of sp³-hybridized carbons (Fsp3) is 0.500. The van der Waals surface area contributed by atoms with E-state index in [4.69, 9.17) is 9.47 Å². The second-order valence-corrected chi connectivity index (χ2v) is 6.28. The molecule has 0 saturated heterocycles. The number of benzene rings is 1. The smallest absolute Gasteiger partial charge is 0.407 e. The molecule has 0 aromatic heterocycles. The number of carbonyl (C=O) groups excluding carboxylic acids is 2. The third kappa shape index (κ3) is 3.57. The first-order valence-corrected chi connectivity index (χ1v) is 7.13. The predicted molar refractivity (Wildman–Crippen MR) is 79.5 cm³/mol. The van der Waals surface area contributed by atoms with Crippen molar-refractivity contribution in [1.82, 2.24) is 5.32 Å². The first-order chi connectivity index (χ1) is 10.2. The summed E-state index contributed by atoms with van der Waals surface area (Å²) in [5.41, 5.74) is 2.21. The summed E-state index contributed by atoms with van der Waals surface area (Å²) in [6.07, 6.45) is -1.46. The third-order valence-corrected chi connectivity index (χ3v) is 3.41. The van der Waals surface area contributed by atoms with Crippen LogP contribution in [-0.4, -0.2) is 29.3 Å². The Kier molecular flexibility index (Phi) is 4.42. The van der Waals surface area contributed by atoms with Gasteiger partial charge in [0.15, 0.2) is 0 Å². The van der Waals surface area contributed by atoms with E-state index in [9.17, 15) is 14.7 Å². The summed E-state index contributed by atoms with van der Waals surface area (Å²) in [7, 11) is 0. The molecule has 0 bridgehead atoms. The standard InChI is InChI=1S/C16H21NO5/c1-9-10(5-6-11-12(9)8-21-14(11)19)13(18)7-17-15(20)22-16(2,3)4/h5-6,13,18H,7-8H2,1-4H3,(H,17,20)/t13-/m1/s1. The van der Waals surface area contributed by atoms with Gasteiger partial charge in [-0.15, -0.1) is 0 Å². The van der Waals surface area contributed by atoms with E-state index in [1.165, 1.54) is 0 Å². The molecule has 1 atom stereocenters. The molecule has 22 heavy (non-hydrogen) atoms. The number of hydrogen-bond acceptors (Lipinski definition) is 5. The van der Waals surface area contributed by atoms with Crippen molar-refractivity contribution in [1.29, 1.82) is 0 Å². The molecule has 0 aliphatic carbocycles. The molecule has 0 radical (unpaired) electrons. The number of rotatable bonds is 3. The first kappa shape index (κ1) is 16.3. The molecule has 6 heteroatoms. The largest absolute Gasteiger partial charge is 0.457 e.